The van der Waals surface area contributed by atoms with Crippen LogP contribution in [0.15, 0.2) is 18.2 Å². The Balaban J connectivity index is 0.00000289. The van der Waals surface area contributed by atoms with Crippen LogP contribution in [0.2, 0.25) is 0 Å². The number of carboxylic acids is 1. The summed E-state index contributed by atoms with van der Waals surface area (Å²) in [4.78, 5) is 11.2. The van der Waals surface area contributed by atoms with E-state index in [0.717, 1.165) is 11.1 Å². The molecule has 1 unspecified atom stereocenters. The Morgan fingerprint density at radius 3 is 2.11 bits per heavy atom. The lowest BCUT2D eigenvalue weighted by Gasteiger charge is -2.26. The van der Waals surface area contributed by atoms with Gasteiger partial charge in [-0.3, -0.25) is 0 Å². The van der Waals surface area contributed by atoms with Gasteiger partial charge in [0.1, 0.15) is 5.54 Å². The maximum absolute atomic E-state index is 11.2. The monoisotopic (exact) mass is 271 g/mol. The van der Waals surface area contributed by atoms with Crippen molar-refractivity contribution in [3.05, 3.63) is 34.9 Å². The van der Waals surface area contributed by atoms with Crippen LogP contribution < -0.4 is 5.73 Å². The van der Waals surface area contributed by atoms with Gasteiger partial charge >= 0.3 is 5.97 Å². The fraction of sp³-hybridized carbons (Fsp3) is 0.500. The van der Waals surface area contributed by atoms with Crippen molar-refractivity contribution in [1.29, 1.82) is 0 Å². The van der Waals surface area contributed by atoms with E-state index in [1.54, 1.807) is 0 Å². The van der Waals surface area contributed by atoms with E-state index in [4.69, 9.17) is 5.73 Å². The van der Waals surface area contributed by atoms with Crippen LogP contribution in [0.5, 0.6) is 0 Å². The highest BCUT2D eigenvalue weighted by Gasteiger charge is 2.32. The van der Waals surface area contributed by atoms with E-state index < -0.39 is 11.5 Å². The molecule has 1 aromatic carbocycles. The zero-order chi connectivity index (χ0) is 13.4. The summed E-state index contributed by atoms with van der Waals surface area (Å²) in [5.41, 5.74) is 7.22. The predicted octanol–water partition coefficient (Wildman–Crippen LogP) is 2.97. The van der Waals surface area contributed by atoms with Crippen LogP contribution in [0.25, 0.3) is 0 Å². The molecule has 0 amide bonds. The molecule has 0 aliphatic heterocycles. The standard InChI is InChI=1S/C14H21NO2.ClH/c1-9-6-7-10(13(2,3)4)8-11(9)14(5,15)12(16)17;/h6-8H,15H2,1-5H3,(H,16,17);1H. The number of carbonyl (C=O) groups is 1. The van der Waals surface area contributed by atoms with E-state index in [-0.39, 0.29) is 17.8 Å². The molecular weight excluding hydrogens is 250 g/mol. The van der Waals surface area contributed by atoms with Gasteiger partial charge in [0.05, 0.1) is 0 Å². The fourth-order valence-electron chi connectivity index (χ4n) is 1.76. The predicted molar refractivity (Wildman–Crippen MR) is 76.3 cm³/mol. The van der Waals surface area contributed by atoms with E-state index in [1.807, 2.05) is 25.1 Å². The highest BCUT2D eigenvalue weighted by atomic mass is 35.5. The summed E-state index contributed by atoms with van der Waals surface area (Å²) < 4.78 is 0. The van der Waals surface area contributed by atoms with Crippen LogP contribution in [0, 0.1) is 6.92 Å². The number of halogens is 1. The quantitative estimate of drug-likeness (QED) is 0.869. The normalized spacial score (nSPS) is 14.6. The van der Waals surface area contributed by atoms with E-state index >= 15 is 0 Å². The molecule has 1 atom stereocenters. The third kappa shape index (κ3) is 3.24. The third-order valence-corrected chi connectivity index (χ3v) is 3.11. The van der Waals surface area contributed by atoms with Gasteiger partial charge in [0, 0.05) is 0 Å². The molecule has 0 bridgehead atoms. The van der Waals surface area contributed by atoms with Crippen molar-refractivity contribution in [3.8, 4) is 0 Å². The van der Waals surface area contributed by atoms with Crippen LogP contribution in [-0.2, 0) is 15.7 Å². The summed E-state index contributed by atoms with van der Waals surface area (Å²) in [5.74, 6) is -1.01. The molecule has 18 heavy (non-hydrogen) atoms. The number of benzene rings is 1. The molecule has 1 rings (SSSR count). The van der Waals surface area contributed by atoms with Crippen LogP contribution in [0.4, 0.5) is 0 Å². The maximum atomic E-state index is 11.2. The van der Waals surface area contributed by atoms with Gasteiger partial charge in [-0.2, -0.15) is 0 Å². The Bertz CT molecular complexity index is 448. The van der Waals surface area contributed by atoms with E-state index in [9.17, 15) is 9.90 Å². The number of hydrogen-bond donors (Lipinski definition) is 2. The molecule has 0 spiro atoms. The van der Waals surface area contributed by atoms with Gasteiger partial charge < -0.3 is 10.8 Å². The summed E-state index contributed by atoms with van der Waals surface area (Å²) in [6.07, 6.45) is 0. The van der Waals surface area contributed by atoms with E-state index in [2.05, 4.69) is 20.8 Å². The van der Waals surface area contributed by atoms with Crippen molar-refractivity contribution in [2.24, 2.45) is 5.73 Å². The van der Waals surface area contributed by atoms with Crippen molar-refractivity contribution < 1.29 is 9.90 Å². The average Bonchev–Trinajstić information content (AvgIpc) is 2.15. The van der Waals surface area contributed by atoms with Crippen LogP contribution in [-0.4, -0.2) is 11.1 Å². The molecule has 0 saturated carbocycles. The molecule has 0 aliphatic carbocycles. The first kappa shape index (κ1) is 16.9. The van der Waals surface area contributed by atoms with Crippen molar-refractivity contribution in [2.45, 2.75) is 45.6 Å². The van der Waals surface area contributed by atoms with Crippen molar-refractivity contribution >= 4 is 18.4 Å². The van der Waals surface area contributed by atoms with Crippen molar-refractivity contribution in [1.82, 2.24) is 0 Å². The molecule has 1 aromatic rings. The maximum Gasteiger partial charge on any atom is 0.328 e. The molecule has 0 aromatic heterocycles. The molecular formula is C14H22ClNO2. The van der Waals surface area contributed by atoms with E-state index in [1.165, 1.54) is 6.92 Å². The average molecular weight is 272 g/mol. The molecule has 0 fully saturated rings. The second kappa shape index (κ2) is 5.29. The van der Waals surface area contributed by atoms with Gasteiger partial charge in [0.2, 0.25) is 0 Å². The minimum atomic E-state index is -1.34. The van der Waals surface area contributed by atoms with Crippen LogP contribution >= 0.6 is 12.4 Å². The highest BCUT2D eigenvalue weighted by Crippen LogP contribution is 2.29. The van der Waals surface area contributed by atoms with Gasteiger partial charge in [-0.25, -0.2) is 4.79 Å². The smallest absolute Gasteiger partial charge is 0.328 e. The number of nitrogens with two attached hydrogens (primary N) is 1. The molecule has 0 saturated heterocycles. The lowest BCUT2D eigenvalue weighted by Crippen LogP contribution is -2.42. The molecule has 4 heteroatoms. The van der Waals surface area contributed by atoms with Gasteiger partial charge in [-0.05, 0) is 36.0 Å². The van der Waals surface area contributed by atoms with Gasteiger partial charge in [0.25, 0.3) is 0 Å². The van der Waals surface area contributed by atoms with Crippen LogP contribution in [0.3, 0.4) is 0 Å². The minimum absolute atomic E-state index is 0. The molecule has 102 valence electrons. The number of aliphatic carboxylic acids is 1. The Hall–Kier alpha value is -1.06. The zero-order valence-electron chi connectivity index (χ0n) is 11.6. The van der Waals surface area contributed by atoms with Crippen molar-refractivity contribution in [2.75, 3.05) is 0 Å². The third-order valence-electron chi connectivity index (χ3n) is 3.11. The number of carboxylic acid groups (broad SMARTS) is 1. The Morgan fingerprint density at radius 2 is 1.72 bits per heavy atom. The molecule has 0 aliphatic rings. The largest absolute Gasteiger partial charge is 0.480 e. The Kier molecular flexibility index (Phi) is 4.98. The zero-order valence-corrected chi connectivity index (χ0v) is 12.4. The molecule has 0 heterocycles. The van der Waals surface area contributed by atoms with Gasteiger partial charge in [-0.15, -0.1) is 12.4 Å². The number of aryl methyl sites for hydroxylation is 1. The Labute approximate surface area is 115 Å². The summed E-state index contributed by atoms with van der Waals surface area (Å²) in [6, 6.07) is 5.87. The van der Waals surface area contributed by atoms with Gasteiger partial charge in [-0.1, -0.05) is 39.0 Å². The Morgan fingerprint density at radius 1 is 1.22 bits per heavy atom. The summed E-state index contributed by atoms with van der Waals surface area (Å²) in [5, 5.41) is 9.19. The van der Waals surface area contributed by atoms with Gasteiger partial charge in [0.15, 0.2) is 0 Å². The molecule has 3 N–H and O–H groups in total. The summed E-state index contributed by atoms with van der Waals surface area (Å²) in [7, 11) is 0. The SMILES string of the molecule is Cc1ccc(C(C)(C)C)cc1C(C)(N)C(=O)O.Cl. The van der Waals surface area contributed by atoms with Crippen LogP contribution in [0.1, 0.15) is 44.4 Å². The topological polar surface area (TPSA) is 63.3 Å². The molecule has 0 radical (unpaired) electrons. The fourth-order valence-corrected chi connectivity index (χ4v) is 1.76. The number of rotatable bonds is 2. The highest BCUT2D eigenvalue weighted by molar-refractivity contribution is 5.85. The summed E-state index contributed by atoms with van der Waals surface area (Å²) >= 11 is 0. The first-order chi connectivity index (χ1) is 7.56. The lowest BCUT2D eigenvalue weighted by molar-refractivity contribution is -0.143. The molecule has 3 nitrogen and oxygen atoms in total. The second-order valence-electron chi connectivity index (χ2n) is 5.79. The van der Waals surface area contributed by atoms with E-state index in [0.29, 0.717) is 5.56 Å². The van der Waals surface area contributed by atoms with Crippen molar-refractivity contribution in [3.63, 3.8) is 0 Å². The summed E-state index contributed by atoms with van der Waals surface area (Å²) in [6.45, 7) is 9.70. The minimum Gasteiger partial charge on any atom is -0.480 e. The first-order valence-corrected chi connectivity index (χ1v) is 5.70. The first-order valence-electron chi connectivity index (χ1n) is 5.70. The number of hydrogen-bond acceptors (Lipinski definition) is 2. The lowest BCUT2D eigenvalue weighted by atomic mass is 9.81. The second-order valence-corrected chi connectivity index (χ2v) is 5.79.